The maximum atomic E-state index is 3.55. The van der Waals surface area contributed by atoms with E-state index in [1.165, 1.54) is 29.9 Å². The topological polar surface area (TPSA) is 12.0 Å². The van der Waals surface area contributed by atoms with Gasteiger partial charge in [-0.3, -0.25) is 0 Å². The molecule has 4 heteroatoms. The van der Waals surface area contributed by atoms with E-state index in [1.807, 2.05) is 11.8 Å². The minimum absolute atomic E-state index is 0.0544. The molecular weight excluding hydrogens is 364 g/mol. The summed E-state index contributed by atoms with van der Waals surface area (Å²) in [6.45, 7) is 0. The van der Waals surface area contributed by atoms with Crippen molar-refractivity contribution >= 4 is 63.3 Å². The third kappa shape index (κ3) is 2.39. The summed E-state index contributed by atoms with van der Waals surface area (Å²) in [6.07, 6.45) is 0. The fourth-order valence-corrected chi connectivity index (χ4v) is 5.76. The first-order valence-electron chi connectivity index (χ1n) is 5.88. The molecule has 0 fully saturated rings. The Morgan fingerprint density at radius 2 is 1.33 bits per heavy atom. The van der Waals surface area contributed by atoms with Crippen molar-refractivity contribution in [1.29, 1.82) is 0 Å². The van der Waals surface area contributed by atoms with Crippen molar-refractivity contribution < 1.29 is 0 Å². The van der Waals surface area contributed by atoms with Crippen LogP contribution in [0.5, 0.6) is 0 Å². The fourth-order valence-electron chi connectivity index (χ4n) is 1.99. The first-order chi connectivity index (χ1) is 8.80. The monoisotopic (exact) mass is 379 g/mol. The van der Waals surface area contributed by atoms with Crippen LogP contribution < -0.4 is 14.0 Å². The summed E-state index contributed by atoms with van der Waals surface area (Å²) >= 11 is 2.03. The zero-order chi connectivity index (χ0) is 12.5. The average molecular weight is 379 g/mol. The number of nitrogens with one attached hydrogen (secondary N) is 1. The Morgan fingerprint density at radius 3 is 1.78 bits per heavy atom. The van der Waals surface area contributed by atoms with Crippen LogP contribution in [-0.4, -0.2) is 31.5 Å². The number of anilines is 2. The molecule has 1 N–H and O–H groups in total. The van der Waals surface area contributed by atoms with E-state index in [0.29, 0.717) is 0 Å². The second kappa shape index (κ2) is 5.37. The minimum atomic E-state index is 0.0544. The maximum absolute atomic E-state index is 3.55. The van der Waals surface area contributed by atoms with Gasteiger partial charge in [0.1, 0.15) is 0 Å². The molecule has 92 valence electrons. The molecule has 18 heavy (non-hydrogen) atoms. The number of rotatable bonds is 2. The predicted molar refractivity (Wildman–Crippen MR) is 85.6 cm³/mol. The first-order valence-corrected chi connectivity index (χ1v) is 13.0. The van der Waals surface area contributed by atoms with Gasteiger partial charge in [-0.15, -0.1) is 0 Å². The molecule has 0 bridgehead atoms. The number of benzene rings is 2. The summed E-state index contributed by atoms with van der Waals surface area (Å²) in [4.78, 5) is 2.78. The quantitative estimate of drug-likeness (QED) is 0.685. The number of hydrogen-bond donors (Lipinski definition) is 1. The van der Waals surface area contributed by atoms with Crippen molar-refractivity contribution in [2.45, 2.75) is 21.2 Å². The molecule has 0 aliphatic carbocycles. The molecule has 2 aromatic carbocycles. The van der Waals surface area contributed by atoms with Gasteiger partial charge in [0.25, 0.3) is 0 Å². The van der Waals surface area contributed by atoms with E-state index in [-0.39, 0.29) is 31.5 Å². The molecule has 1 nitrogen and oxygen atoms in total. The van der Waals surface area contributed by atoms with Crippen molar-refractivity contribution in [3.63, 3.8) is 0 Å². The van der Waals surface area contributed by atoms with Gasteiger partial charge < -0.3 is 0 Å². The van der Waals surface area contributed by atoms with E-state index in [1.54, 1.807) is 0 Å². The molecule has 0 spiro atoms. The molecule has 0 radical (unpaired) electrons. The number of fused-ring (bicyclic) bond motifs is 2. The molecule has 1 heterocycles. The van der Waals surface area contributed by atoms with Crippen LogP contribution >= 0.6 is 11.8 Å². The summed E-state index contributed by atoms with van der Waals surface area (Å²) < 4.78 is 3.07. The fraction of sp³-hybridized carbons (Fsp3) is 0.143. The summed E-state index contributed by atoms with van der Waals surface area (Å²) in [5, 5.41) is 3.55. The molecule has 2 unspecified atom stereocenters. The average Bonchev–Trinajstić information content (AvgIpc) is 2.43. The molecular formula is C14H15As2NS. The third-order valence-electron chi connectivity index (χ3n) is 3.03. The normalized spacial score (nSPS) is 13.9. The van der Waals surface area contributed by atoms with Crippen molar-refractivity contribution in [3.05, 3.63) is 36.4 Å². The second-order valence-corrected chi connectivity index (χ2v) is 9.75. The van der Waals surface area contributed by atoms with Gasteiger partial charge in [-0.1, -0.05) is 0 Å². The van der Waals surface area contributed by atoms with E-state index >= 15 is 0 Å². The van der Waals surface area contributed by atoms with Crippen molar-refractivity contribution in [2.75, 3.05) is 5.32 Å². The summed E-state index contributed by atoms with van der Waals surface area (Å²) in [5.74, 6) is 0. The van der Waals surface area contributed by atoms with Gasteiger partial charge in [0, 0.05) is 0 Å². The van der Waals surface area contributed by atoms with Gasteiger partial charge >= 0.3 is 126 Å². The molecule has 0 aromatic heterocycles. The van der Waals surface area contributed by atoms with E-state index in [9.17, 15) is 0 Å². The van der Waals surface area contributed by atoms with Crippen LogP contribution in [0.15, 0.2) is 46.2 Å². The standard InChI is InChI=1S/C14H15As2NS/c1-15-9-3-5-11-13(7-9)18-14-8-10(16-2)4-6-12(14)17-11/h3-8,15-17H,1-2H3. The van der Waals surface area contributed by atoms with E-state index in [0.717, 1.165) is 0 Å². The molecule has 2 atom stereocenters. The Hall–Kier alpha value is -0.293. The Bertz CT molecular complexity index is 547. The van der Waals surface area contributed by atoms with Crippen molar-refractivity contribution in [3.8, 4) is 0 Å². The second-order valence-electron chi connectivity index (χ2n) is 4.15. The Labute approximate surface area is 126 Å². The van der Waals surface area contributed by atoms with E-state index in [2.05, 4.69) is 53.1 Å². The van der Waals surface area contributed by atoms with Crippen LogP contribution in [0.1, 0.15) is 0 Å². The SMILES string of the molecule is C[AsH]c1ccc2c(c1)Sc1cc([AsH]C)ccc1N2. The van der Waals surface area contributed by atoms with Crippen LogP contribution in [0, 0.1) is 0 Å². The molecule has 1 aliphatic rings. The molecule has 2 aromatic rings. The summed E-state index contributed by atoms with van der Waals surface area (Å²) in [6, 6.07) is 13.7. The summed E-state index contributed by atoms with van der Waals surface area (Å²) in [7, 11) is 0. The molecule has 3 rings (SSSR count). The van der Waals surface area contributed by atoms with Crippen molar-refractivity contribution in [1.82, 2.24) is 0 Å². The van der Waals surface area contributed by atoms with Crippen LogP contribution in [0.25, 0.3) is 0 Å². The van der Waals surface area contributed by atoms with Crippen LogP contribution in [-0.2, 0) is 0 Å². The number of hydrogen-bond acceptors (Lipinski definition) is 2. The van der Waals surface area contributed by atoms with Crippen LogP contribution in [0.2, 0.25) is 11.4 Å². The molecule has 0 amide bonds. The first kappa shape index (κ1) is 12.7. The Kier molecular flexibility index (Phi) is 3.80. The van der Waals surface area contributed by atoms with Gasteiger partial charge in [-0.2, -0.15) is 0 Å². The zero-order valence-corrected chi connectivity index (χ0v) is 15.4. The van der Waals surface area contributed by atoms with Gasteiger partial charge in [0.2, 0.25) is 0 Å². The molecule has 0 saturated heterocycles. The van der Waals surface area contributed by atoms with Crippen LogP contribution in [0.4, 0.5) is 11.4 Å². The van der Waals surface area contributed by atoms with Gasteiger partial charge in [0.05, 0.1) is 0 Å². The van der Waals surface area contributed by atoms with E-state index in [4.69, 9.17) is 0 Å². The Balaban J connectivity index is 2.01. The Morgan fingerprint density at radius 1 is 0.833 bits per heavy atom. The zero-order valence-electron chi connectivity index (χ0n) is 10.4. The predicted octanol–water partition coefficient (Wildman–Crippen LogP) is 2.11. The van der Waals surface area contributed by atoms with Crippen LogP contribution in [0.3, 0.4) is 0 Å². The van der Waals surface area contributed by atoms with E-state index < -0.39 is 0 Å². The summed E-state index contributed by atoms with van der Waals surface area (Å²) in [5.41, 5.74) is 7.18. The molecule has 0 saturated carbocycles. The molecule has 1 aliphatic heterocycles. The van der Waals surface area contributed by atoms with Gasteiger partial charge in [-0.05, 0) is 0 Å². The third-order valence-corrected chi connectivity index (χ3v) is 7.87. The van der Waals surface area contributed by atoms with Gasteiger partial charge in [0.15, 0.2) is 0 Å². The van der Waals surface area contributed by atoms with Gasteiger partial charge in [-0.25, -0.2) is 0 Å². The van der Waals surface area contributed by atoms with Crippen molar-refractivity contribution in [2.24, 2.45) is 0 Å².